The van der Waals surface area contributed by atoms with Crippen LogP contribution in [-0.2, 0) is 23.2 Å². The molecule has 112 valence electrons. The third-order valence-corrected chi connectivity index (χ3v) is 3.85. The van der Waals surface area contributed by atoms with Crippen LogP contribution in [-0.4, -0.2) is 16.1 Å². The fourth-order valence-corrected chi connectivity index (χ4v) is 2.71. The number of carboxylic acid groups (broad SMARTS) is 1. The molecule has 4 nitrogen and oxygen atoms in total. The predicted molar refractivity (Wildman–Crippen MR) is 82.9 cm³/mol. The summed E-state index contributed by atoms with van der Waals surface area (Å²) in [6, 6.07) is 7.96. The van der Waals surface area contributed by atoms with Gasteiger partial charge in [0.15, 0.2) is 0 Å². The Kier molecular flexibility index (Phi) is 4.63. The number of ether oxygens (including phenoxy) is 1. The molecule has 0 radical (unpaired) electrons. The van der Waals surface area contributed by atoms with Crippen LogP contribution in [0.3, 0.4) is 0 Å². The van der Waals surface area contributed by atoms with E-state index in [0.717, 1.165) is 16.3 Å². The Hall–Kier alpha value is -1.88. The summed E-state index contributed by atoms with van der Waals surface area (Å²) >= 11 is 1.42. The van der Waals surface area contributed by atoms with Gasteiger partial charge in [0.25, 0.3) is 0 Å². The van der Waals surface area contributed by atoms with Gasteiger partial charge in [-0.25, -0.2) is 4.98 Å². The molecule has 0 aliphatic carbocycles. The second-order valence-corrected chi connectivity index (χ2v) is 6.78. The van der Waals surface area contributed by atoms with Crippen molar-refractivity contribution in [3.8, 4) is 5.75 Å². The molecule has 2 aromatic rings. The maximum atomic E-state index is 10.6. The first-order valence-corrected chi connectivity index (χ1v) is 7.61. The molecule has 0 saturated carbocycles. The van der Waals surface area contributed by atoms with Crippen LogP contribution in [0.2, 0.25) is 0 Å². The molecule has 0 aliphatic rings. The predicted octanol–water partition coefficient (Wildman–Crippen LogP) is 3.65. The number of benzene rings is 1. The molecule has 0 aliphatic heterocycles. The van der Waals surface area contributed by atoms with E-state index in [4.69, 9.17) is 9.84 Å². The normalized spacial score (nSPS) is 11.4. The van der Waals surface area contributed by atoms with Gasteiger partial charge in [-0.3, -0.25) is 4.79 Å². The van der Waals surface area contributed by atoms with E-state index in [2.05, 4.69) is 31.8 Å². The summed E-state index contributed by atoms with van der Waals surface area (Å²) in [6.07, 6.45) is -0.0465. The largest absolute Gasteiger partial charge is 0.486 e. The standard InChI is InChI=1S/C16H19NO3S/c1-16(2,3)12-6-4-5-7-13(12)20-9-14-17-11(10-21-14)8-15(18)19/h4-7,10H,8-9H2,1-3H3,(H,18,19). The highest BCUT2D eigenvalue weighted by molar-refractivity contribution is 7.09. The summed E-state index contributed by atoms with van der Waals surface area (Å²) < 4.78 is 5.87. The highest BCUT2D eigenvalue weighted by Gasteiger charge is 2.18. The van der Waals surface area contributed by atoms with Gasteiger partial charge in [-0.15, -0.1) is 11.3 Å². The number of hydrogen-bond donors (Lipinski definition) is 1. The average Bonchev–Trinajstić information content (AvgIpc) is 2.82. The zero-order valence-corrected chi connectivity index (χ0v) is 13.2. The van der Waals surface area contributed by atoms with Crippen molar-refractivity contribution < 1.29 is 14.6 Å². The van der Waals surface area contributed by atoms with Crippen molar-refractivity contribution in [2.24, 2.45) is 0 Å². The van der Waals surface area contributed by atoms with Crippen molar-refractivity contribution in [2.45, 2.75) is 39.2 Å². The molecule has 1 aromatic heterocycles. The van der Waals surface area contributed by atoms with Crippen molar-refractivity contribution in [2.75, 3.05) is 0 Å². The number of hydrogen-bond acceptors (Lipinski definition) is 4. The lowest BCUT2D eigenvalue weighted by atomic mass is 9.86. The number of thiazole rings is 1. The van der Waals surface area contributed by atoms with Crippen LogP contribution in [0.1, 0.15) is 37.0 Å². The van der Waals surface area contributed by atoms with Crippen molar-refractivity contribution in [1.82, 2.24) is 4.98 Å². The number of para-hydroxylation sites is 1. The van der Waals surface area contributed by atoms with E-state index in [1.54, 1.807) is 5.38 Å². The lowest BCUT2D eigenvalue weighted by Crippen LogP contribution is -2.13. The van der Waals surface area contributed by atoms with Crippen LogP contribution in [0.15, 0.2) is 29.6 Å². The summed E-state index contributed by atoms with van der Waals surface area (Å²) in [6.45, 7) is 6.79. The zero-order valence-electron chi connectivity index (χ0n) is 12.4. The number of aromatic nitrogens is 1. The Morgan fingerprint density at radius 1 is 1.33 bits per heavy atom. The van der Waals surface area contributed by atoms with E-state index in [1.807, 2.05) is 18.2 Å². The van der Waals surface area contributed by atoms with Crippen LogP contribution in [0, 0.1) is 0 Å². The molecule has 1 heterocycles. The lowest BCUT2D eigenvalue weighted by Gasteiger charge is -2.22. The Morgan fingerprint density at radius 3 is 2.71 bits per heavy atom. The van der Waals surface area contributed by atoms with Gasteiger partial charge in [0, 0.05) is 5.38 Å². The second kappa shape index (κ2) is 6.26. The first-order chi connectivity index (χ1) is 9.86. The van der Waals surface area contributed by atoms with E-state index in [-0.39, 0.29) is 11.8 Å². The molecule has 21 heavy (non-hydrogen) atoms. The Balaban J connectivity index is 2.07. The van der Waals surface area contributed by atoms with Crippen LogP contribution in [0.5, 0.6) is 5.75 Å². The molecule has 0 atom stereocenters. The Morgan fingerprint density at radius 2 is 2.05 bits per heavy atom. The quantitative estimate of drug-likeness (QED) is 0.916. The van der Waals surface area contributed by atoms with Crippen molar-refractivity contribution in [1.29, 1.82) is 0 Å². The monoisotopic (exact) mass is 305 g/mol. The van der Waals surface area contributed by atoms with Gasteiger partial charge >= 0.3 is 5.97 Å². The number of rotatable bonds is 5. The lowest BCUT2D eigenvalue weighted by molar-refractivity contribution is -0.136. The molecule has 1 N–H and O–H groups in total. The second-order valence-electron chi connectivity index (χ2n) is 5.84. The minimum Gasteiger partial charge on any atom is -0.486 e. The summed E-state index contributed by atoms with van der Waals surface area (Å²) in [7, 11) is 0. The van der Waals surface area contributed by atoms with E-state index in [0.29, 0.717) is 12.3 Å². The van der Waals surface area contributed by atoms with Gasteiger partial charge in [0.2, 0.25) is 0 Å². The highest BCUT2D eigenvalue weighted by Crippen LogP contribution is 2.31. The van der Waals surface area contributed by atoms with Gasteiger partial charge in [0.1, 0.15) is 17.4 Å². The molecule has 2 rings (SSSR count). The van der Waals surface area contributed by atoms with Crippen LogP contribution < -0.4 is 4.74 Å². The number of carbonyl (C=O) groups is 1. The van der Waals surface area contributed by atoms with Crippen LogP contribution in [0.25, 0.3) is 0 Å². The number of nitrogens with zero attached hydrogens (tertiary/aromatic N) is 1. The number of aliphatic carboxylic acids is 1. The first kappa shape index (κ1) is 15.5. The van der Waals surface area contributed by atoms with Crippen molar-refractivity contribution in [3.05, 3.63) is 45.9 Å². The van der Waals surface area contributed by atoms with Crippen molar-refractivity contribution >= 4 is 17.3 Å². The molecular weight excluding hydrogens is 286 g/mol. The molecule has 0 bridgehead atoms. The molecular formula is C16H19NO3S. The minimum atomic E-state index is -0.870. The third kappa shape index (κ3) is 4.29. The van der Waals surface area contributed by atoms with E-state index in [9.17, 15) is 4.79 Å². The van der Waals surface area contributed by atoms with Gasteiger partial charge in [-0.1, -0.05) is 39.0 Å². The topological polar surface area (TPSA) is 59.4 Å². The fourth-order valence-electron chi connectivity index (χ4n) is 2.00. The van der Waals surface area contributed by atoms with Crippen LogP contribution in [0.4, 0.5) is 0 Å². The maximum Gasteiger partial charge on any atom is 0.309 e. The van der Waals surface area contributed by atoms with E-state index < -0.39 is 5.97 Å². The van der Waals surface area contributed by atoms with Gasteiger partial charge in [-0.2, -0.15) is 0 Å². The number of carboxylic acids is 1. The molecule has 1 aromatic carbocycles. The maximum absolute atomic E-state index is 10.6. The van der Waals surface area contributed by atoms with Crippen LogP contribution >= 0.6 is 11.3 Å². The summed E-state index contributed by atoms with van der Waals surface area (Å²) in [5.74, 6) is -0.0224. The molecule has 0 amide bonds. The summed E-state index contributed by atoms with van der Waals surface area (Å²) in [5, 5.41) is 11.3. The SMILES string of the molecule is CC(C)(C)c1ccccc1OCc1nc(CC(=O)O)cs1. The smallest absolute Gasteiger partial charge is 0.309 e. The first-order valence-electron chi connectivity index (χ1n) is 6.73. The minimum absolute atomic E-state index is 0.00788. The zero-order chi connectivity index (χ0) is 15.5. The molecule has 0 saturated heterocycles. The van der Waals surface area contributed by atoms with E-state index in [1.165, 1.54) is 11.3 Å². The Bertz CT molecular complexity index is 628. The van der Waals surface area contributed by atoms with Crippen molar-refractivity contribution in [3.63, 3.8) is 0 Å². The third-order valence-electron chi connectivity index (χ3n) is 2.98. The average molecular weight is 305 g/mol. The summed E-state index contributed by atoms with van der Waals surface area (Å²) in [4.78, 5) is 14.9. The fraction of sp³-hybridized carbons (Fsp3) is 0.375. The van der Waals surface area contributed by atoms with Gasteiger partial charge < -0.3 is 9.84 Å². The Labute approximate surface area is 128 Å². The van der Waals surface area contributed by atoms with Gasteiger partial charge in [-0.05, 0) is 17.0 Å². The van der Waals surface area contributed by atoms with E-state index >= 15 is 0 Å². The highest BCUT2D eigenvalue weighted by atomic mass is 32.1. The summed E-state index contributed by atoms with van der Waals surface area (Å²) in [5.41, 5.74) is 1.73. The van der Waals surface area contributed by atoms with Gasteiger partial charge in [0.05, 0.1) is 12.1 Å². The molecule has 0 spiro atoms. The molecule has 0 unspecified atom stereocenters. The molecule has 0 fully saturated rings. The molecule has 5 heteroatoms.